The van der Waals surface area contributed by atoms with Crippen molar-refractivity contribution in [3.63, 3.8) is 0 Å². The number of methoxy groups -OCH3 is 1. The number of hydrogen-bond donors (Lipinski definition) is 2. The minimum absolute atomic E-state index is 0.359. The number of hydrogen-bond acceptors (Lipinski definition) is 4. The maximum absolute atomic E-state index is 6.05. The largest absolute Gasteiger partial charge is 0.493 e. The summed E-state index contributed by atoms with van der Waals surface area (Å²) in [5.41, 5.74) is 6.85. The fourth-order valence-corrected chi connectivity index (χ4v) is 1.52. The van der Waals surface area contributed by atoms with Crippen LogP contribution in [0.1, 0.15) is 17.6 Å². The molecule has 2 heterocycles. The molecule has 0 spiro atoms. The highest BCUT2D eigenvalue weighted by molar-refractivity contribution is 5.31. The van der Waals surface area contributed by atoms with Crippen molar-refractivity contribution in [1.82, 2.24) is 19.7 Å². The van der Waals surface area contributed by atoms with Crippen molar-refractivity contribution in [2.24, 2.45) is 12.8 Å². The topological polar surface area (TPSA) is 81.8 Å². The molecule has 0 aromatic carbocycles. The van der Waals surface area contributed by atoms with E-state index in [-0.39, 0.29) is 6.04 Å². The third kappa shape index (κ3) is 1.59. The van der Waals surface area contributed by atoms with E-state index in [1.165, 1.54) is 0 Å². The third-order valence-electron chi connectivity index (χ3n) is 2.28. The van der Waals surface area contributed by atoms with Gasteiger partial charge in [0.15, 0.2) is 5.75 Å². The van der Waals surface area contributed by atoms with Crippen molar-refractivity contribution in [2.75, 3.05) is 7.11 Å². The third-order valence-corrected chi connectivity index (χ3v) is 2.28. The highest BCUT2D eigenvalue weighted by atomic mass is 16.5. The number of nitrogens with zero attached hydrogens (tertiary/aromatic N) is 3. The molecule has 3 N–H and O–H groups in total. The second kappa shape index (κ2) is 3.74. The van der Waals surface area contributed by atoms with Crippen LogP contribution < -0.4 is 10.5 Å². The first kappa shape index (κ1) is 9.72. The highest BCUT2D eigenvalue weighted by Gasteiger charge is 2.20. The first-order valence-electron chi connectivity index (χ1n) is 4.54. The van der Waals surface area contributed by atoms with Crippen molar-refractivity contribution in [2.45, 2.75) is 6.04 Å². The Morgan fingerprint density at radius 1 is 1.60 bits per heavy atom. The lowest BCUT2D eigenvalue weighted by Crippen LogP contribution is -2.18. The van der Waals surface area contributed by atoms with Crippen LogP contribution in [-0.4, -0.2) is 26.9 Å². The lowest BCUT2D eigenvalue weighted by Gasteiger charge is -2.11. The molecule has 0 saturated heterocycles. The predicted molar refractivity (Wildman–Crippen MR) is 54.4 cm³/mol. The van der Waals surface area contributed by atoms with Gasteiger partial charge in [0.1, 0.15) is 17.6 Å². The van der Waals surface area contributed by atoms with E-state index in [9.17, 15) is 0 Å². The molecule has 2 aromatic heterocycles. The number of imidazole rings is 1. The number of aromatic amines is 1. The zero-order chi connectivity index (χ0) is 10.8. The summed E-state index contributed by atoms with van der Waals surface area (Å²) in [6, 6.07) is -0.359. The second-order valence-corrected chi connectivity index (χ2v) is 3.17. The average Bonchev–Trinajstić information content (AvgIpc) is 2.85. The number of aryl methyl sites for hydroxylation is 1. The molecule has 80 valence electrons. The van der Waals surface area contributed by atoms with E-state index in [2.05, 4.69) is 15.1 Å². The number of nitrogens with one attached hydrogen (secondary N) is 1. The van der Waals surface area contributed by atoms with Crippen LogP contribution in [-0.2, 0) is 7.05 Å². The molecule has 0 saturated carbocycles. The van der Waals surface area contributed by atoms with Gasteiger partial charge >= 0.3 is 0 Å². The minimum Gasteiger partial charge on any atom is -0.493 e. The summed E-state index contributed by atoms with van der Waals surface area (Å²) in [5, 5.41) is 4.09. The van der Waals surface area contributed by atoms with Gasteiger partial charge < -0.3 is 15.5 Å². The summed E-state index contributed by atoms with van der Waals surface area (Å²) in [6.45, 7) is 0. The van der Waals surface area contributed by atoms with Gasteiger partial charge in [-0.2, -0.15) is 5.10 Å². The van der Waals surface area contributed by atoms with Crippen molar-refractivity contribution in [1.29, 1.82) is 0 Å². The first-order valence-corrected chi connectivity index (χ1v) is 4.54. The highest BCUT2D eigenvalue weighted by Crippen LogP contribution is 2.25. The molecule has 1 unspecified atom stereocenters. The van der Waals surface area contributed by atoms with E-state index >= 15 is 0 Å². The maximum atomic E-state index is 6.05. The number of ether oxygens (including phenoxy) is 1. The van der Waals surface area contributed by atoms with Crippen LogP contribution in [0.2, 0.25) is 0 Å². The Labute approximate surface area is 87.1 Å². The summed E-state index contributed by atoms with van der Waals surface area (Å²) in [4.78, 5) is 7.08. The smallest absolute Gasteiger partial charge is 0.162 e. The Balaban J connectivity index is 2.40. The molecule has 0 radical (unpaired) electrons. The van der Waals surface area contributed by atoms with Gasteiger partial charge in [0, 0.05) is 19.4 Å². The van der Waals surface area contributed by atoms with Gasteiger partial charge in [0.2, 0.25) is 0 Å². The molecular weight excluding hydrogens is 194 g/mol. The SMILES string of the molecule is COc1cnn(C)c1C(N)c1ncc[nH]1. The van der Waals surface area contributed by atoms with Crippen LogP contribution in [0, 0.1) is 0 Å². The molecule has 2 rings (SSSR count). The van der Waals surface area contributed by atoms with E-state index in [1.807, 2.05) is 7.05 Å². The van der Waals surface area contributed by atoms with E-state index in [1.54, 1.807) is 30.4 Å². The summed E-state index contributed by atoms with van der Waals surface area (Å²) in [5.74, 6) is 1.36. The molecule has 15 heavy (non-hydrogen) atoms. The molecule has 1 atom stereocenters. The van der Waals surface area contributed by atoms with Crippen LogP contribution in [0.15, 0.2) is 18.6 Å². The Morgan fingerprint density at radius 2 is 2.40 bits per heavy atom. The lowest BCUT2D eigenvalue weighted by molar-refractivity contribution is 0.405. The molecule has 0 bridgehead atoms. The lowest BCUT2D eigenvalue weighted by atomic mass is 10.2. The van der Waals surface area contributed by atoms with Crippen LogP contribution >= 0.6 is 0 Å². The maximum Gasteiger partial charge on any atom is 0.162 e. The van der Waals surface area contributed by atoms with Gasteiger partial charge in [-0.05, 0) is 0 Å². The summed E-state index contributed by atoms with van der Waals surface area (Å²) < 4.78 is 6.87. The average molecular weight is 207 g/mol. The van der Waals surface area contributed by atoms with E-state index < -0.39 is 0 Å². The van der Waals surface area contributed by atoms with Crippen LogP contribution in [0.25, 0.3) is 0 Å². The molecule has 0 amide bonds. The zero-order valence-electron chi connectivity index (χ0n) is 8.64. The summed E-state index contributed by atoms with van der Waals surface area (Å²) >= 11 is 0. The van der Waals surface area contributed by atoms with Gasteiger partial charge in [-0.25, -0.2) is 4.98 Å². The fourth-order valence-electron chi connectivity index (χ4n) is 1.52. The monoisotopic (exact) mass is 207 g/mol. The van der Waals surface area contributed by atoms with Gasteiger partial charge in [-0.3, -0.25) is 4.68 Å². The fraction of sp³-hybridized carbons (Fsp3) is 0.333. The summed E-state index contributed by atoms with van der Waals surface area (Å²) in [7, 11) is 3.41. The first-order chi connectivity index (χ1) is 7.24. The molecule has 6 nitrogen and oxygen atoms in total. The zero-order valence-corrected chi connectivity index (χ0v) is 8.64. The Hall–Kier alpha value is -1.82. The quantitative estimate of drug-likeness (QED) is 0.753. The van der Waals surface area contributed by atoms with Crippen LogP contribution in [0.5, 0.6) is 5.75 Å². The second-order valence-electron chi connectivity index (χ2n) is 3.17. The number of rotatable bonds is 3. The van der Waals surface area contributed by atoms with E-state index in [0.29, 0.717) is 11.6 Å². The Bertz CT molecular complexity index is 433. The molecular formula is C9H13N5O. The number of aromatic nitrogens is 4. The number of H-pyrrole nitrogens is 1. The molecule has 0 aliphatic rings. The molecule has 0 aliphatic carbocycles. The Kier molecular flexibility index (Phi) is 2.42. The predicted octanol–water partition coefficient (Wildman–Crippen LogP) is 0.200. The molecule has 6 heteroatoms. The van der Waals surface area contributed by atoms with Gasteiger partial charge in [-0.15, -0.1) is 0 Å². The van der Waals surface area contributed by atoms with Crippen molar-refractivity contribution >= 4 is 0 Å². The van der Waals surface area contributed by atoms with Crippen LogP contribution in [0.4, 0.5) is 0 Å². The Morgan fingerprint density at radius 3 is 3.00 bits per heavy atom. The molecule has 0 aliphatic heterocycles. The van der Waals surface area contributed by atoms with Gasteiger partial charge in [0.05, 0.1) is 13.3 Å². The molecule has 0 fully saturated rings. The summed E-state index contributed by atoms with van der Waals surface area (Å²) in [6.07, 6.45) is 5.04. The minimum atomic E-state index is -0.359. The van der Waals surface area contributed by atoms with Crippen molar-refractivity contribution in [3.05, 3.63) is 30.1 Å². The standard InChI is InChI=1S/C9H13N5O/c1-14-8(6(15-2)5-13-14)7(10)9-11-3-4-12-9/h3-5,7H,10H2,1-2H3,(H,11,12). The van der Waals surface area contributed by atoms with Crippen molar-refractivity contribution < 1.29 is 4.74 Å². The van der Waals surface area contributed by atoms with E-state index in [0.717, 1.165) is 5.69 Å². The van der Waals surface area contributed by atoms with Crippen LogP contribution in [0.3, 0.4) is 0 Å². The molecule has 2 aromatic rings. The normalized spacial score (nSPS) is 12.7. The van der Waals surface area contributed by atoms with Gasteiger partial charge in [-0.1, -0.05) is 0 Å². The van der Waals surface area contributed by atoms with Gasteiger partial charge in [0.25, 0.3) is 0 Å². The number of nitrogens with two attached hydrogens (primary N) is 1. The van der Waals surface area contributed by atoms with E-state index in [4.69, 9.17) is 10.5 Å². The van der Waals surface area contributed by atoms with Crippen molar-refractivity contribution in [3.8, 4) is 5.75 Å².